The van der Waals surface area contributed by atoms with Gasteiger partial charge in [-0.05, 0) is 43.9 Å². The first-order valence-electron chi connectivity index (χ1n) is 17.0. The summed E-state index contributed by atoms with van der Waals surface area (Å²) in [6, 6.07) is 0.0283. The first kappa shape index (κ1) is 48.4. The van der Waals surface area contributed by atoms with Crippen molar-refractivity contribution in [3.63, 3.8) is 0 Å². The fourth-order valence-electron chi connectivity index (χ4n) is 5.33. The Balaban J connectivity index is 2.18. The number of carbonyl (C=O) groups excluding carboxylic acids is 6. The number of rotatable bonds is 23. The Labute approximate surface area is 335 Å². The van der Waals surface area contributed by atoms with Crippen LogP contribution in [0.15, 0.2) is 24.3 Å². The molecule has 1 aliphatic carbocycles. The number of nitrogens with one attached hydrogen (secondary N) is 4. The van der Waals surface area contributed by atoms with Crippen LogP contribution < -0.4 is 21.3 Å². The van der Waals surface area contributed by atoms with Crippen molar-refractivity contribution in [1.29, 1.82) is 0 Å². The van der Waals surface area contributed by atoms with E-state index in [0.717, 1.165) is 42.3 Å². The maximum Gasteiger partial charge on any atom is 0.333 e. The second-order valence-corrected chi connectivity index (χ2v) is 19.9. The summed E-state index contributed by atoms with van der Waals surface area (Å²) in [5, 5.41) is 11.3. The molecule has 4 amide bonds. The van der Waals surface area contributed by atoms with E-state index in [2.05, 4.69) is 55.2 Å². The molecule has 1 saturated carbocycles. The van der Waals surface area contributed by atoms with Crippen molar-refractivity contribution in [2.75, 3.05) is 78.9 Å². The monoisotopic (exact) mass is 840 g/mol. The van der Waals surface area contributed by atoms with Gasteiger partial charge in [0.05, 0.1) is 13.1 Å². The lowest BCUT2D eigenvalue weighted by atomic mass is 9.62. The van der Waals surface area contributed by atoms with Crippen LogP contribution in [-0.4, -0.2) is 118 Å². The maximum atomic E-state index is 12.8. The zero-order valence-electron chi connectivity index (χ0n) is 31.0. The van der Waals surface area contributed by atoms with Crippen LogP contribution in [0.2, 0.25) is 0 Å². The number of hydrogen-bond acceptors (Lipinski definition) is 14. The molecule has 1 aliphatic rings. The maximum absolute atomic E-state index is 12.8. The van der Waals surface area contributed by atoms with Gasteiger partial charge in [0.1, 0.15) is 13.2 Å². The highest BCUT2D eigenvalue weighted by atomic mass is 32.2. The molecule has 0 saturated heterocycles. The van der Waals surface area contributed by atoms with Gasteiger partial charge in [0.25, 0.3) is 21.0 Å². The van der Waals surface area contributed by atoms with Gasteiger partial charge in [-0.1, -0.05) is 81.0 Å². The SMILES string of the molecule is C=C(C)C(=O)OCCNC(=O)SCCSCCSC(=O)NCC1(C)CC(NC(=O)SCCSCCSC(=O)NCCOC(=O)C(=C)C)CC(C)(C)C1. The van der Waals surface area contributed by atoms with Gasteiger partial charge < -0.3 is 30.7 Å². The zero-order chi connectivity index (χ0) is 39.0. The molecule has 1 rings (SSSR count). The van der Waals surface area contributed by atoms with Crippen LogP contribution in [0.1, 0.15) is 53.9 Å². The van der Waals surface area contributed by atoms with Gasteiger partial charge in [0, 0.05) is 69.8 Å². The van der Waals surface area contributed by atoms with Crippen molar-refractivity contribution < 1.29 is 38.2 Å². The number of carbonyl (C=O) groups is 6. The molecule has 0 aliphatic heterocycles. The van der Waals surface area contributed by atoms with Gasteiger partial charge in [-0.3, -0.25) is 19.2 Å². The van der Waals surface area contributed by atoms with E-state index in [0.29, 0.717) is 40.7 Å². The standard InChI is InChI=1S/C34H56N4O8S6/c1-24(2)27(39)45-10-8-35-29(41)49-16-12-47-14-18-51-31(43)37-23-34(7)21-26(20-33(5,6)22-34)38-32(44)52-19-15-48-13-17-50-30(42)36-9-11-46-28(40)25(3)4/h26H,1,3,8-23H2,2,4-7H3,(H,35,41)(H,36,42)(H,37,43)(H,38,44). The van der Waals surface area contributed by atoms with Gasteiger partial charge in [0.15, 0.2) is 0 Å². The predicted octanol–water partition coefficient (Wildman–Crippen LogP) is 7.05. The summed E-state index contributed by atoms with van der Waals surface area (Å²) in [5.41, 5.74) is 0.513. The van der Waals surface area contributed by atoms with E-state index in [-0.39, 0.29) is 64.1 Å². The Morgan fingerprint density at radius 2 is 1.02 bits per heavy atom. The first-order chi connectivity index (χ1) is 24.5. The summed E-state index contributed by atoms with van der Waals surface area (Å²) in [6.07, 6.45) is 2.61. The molecule has 1 fully saturated rings. The Morgan fingerprint density at radius 1 is 0.615 bits per heavy atom. The number of esters is 2. The lowest BCUT2D eigenvalue weighted by Crippen LogP contribution is -2.49. The molecule has 0 aromatic carbocycles. The van der Waals surface area contributed by atoms with Crippen molar-refractivity contribution in [3.05, 3.63) is 24.3 Å². The molecule has 52 heavy (non-hydrogen) atoms. The highest BCUT2D eigenvalue weighted by molar-refractivity contribution is 8.15. The smallest absolute Gasteiger partial charge is 0.333 e. The van der Waals surface area contributed by atoms with Crippen LogP contribution in [0, 0.1) is 10.8 Å². The molecule has 4 N–H and O–H groups in total. The van der Waals surface area contributed by atoms with Crippen LogP contribution in [-0.2, 0) is 19.1 Å². The number of amides is 4. The molecular weight excluding hydrogens is 785 g/mol. The molecule has 296 valence electrons. The van der Waals surface area contributed by atoms with Crippen LogP contribution in [0.25, 0.3) is 0 Å². The van der Waals surface area contributed by atoms with Crippen molar-refractivity contribution in [2.24, 2.45) is 10.8 Å². The summed E-state index contributed by atoms with van der Waals surface area (Å²) in [6.45, 7) is 18.0. The fourth-order valence-corrected chi connectivity index (χ4v) is 10.5. The van der Waals surface area contributed by atoms with Crippen LogP contribution in [0.4, 0.5) is 19.2 Å². The third-order valence-corrected chi connectivity index (χ3v) is 13.4. The lowest BCUT2D eigenvalue weighted by Gasteiger charge is -2.46. The minimum Gasteiger partial charge on any atom is -0.460 e. The van der Waals surface area contributed by atoms with Gasteiger partial charge >= 0.3 is 11.9 Å². The van der Waals surface area contributed by atoms with Crippen molar-refractivity contribution in [3.8, 4) is 0 Å². The Bertz CT molecular complexity index is 1220. The third-order valence-electron chi connectivity index (χ3n) is 7.17. The summed E-state index contributed by atoms with van der Waals surface area (Å²) in [4.78, 5) is 71.8. The van der Waals surface area contributed by atoms with Crippen molar-refractivity contribution in [1.82, 2.24) is 21.3 Å². The molecule has 2 unspecified atom stereocenters. The largest absolute Gasteiger partial charge is 0.460 e. The van der Waals surface area contributed by atoms with E-state index in [9.17, 15) is 28.8 Å². The molecule has 18 heteroatoms. The minimum absolute atomic E-state index is 0.0192. The number of thioether (sulfide) groups is 6. The Kier molecular flexibility index (Phi) is 25.2. The average molecular weight is 841 g/mol. The van der Waals surface area contributed by atoms with Crippen LogP contribution >= 0.6 is 70.6 Å². The second-order valence-electron chi connectivity index (χ2n) is 13.2. The van der Waals surface area contributed by atoms with Gasteiger partial charge in [0.2, 0.25) is 0 Å². The average Bonchev–Trinajstić information content (AvgIpc) is 3.05. The Morgan fingerprint density at radius 3 is 1.44 bits per heavy atom. The van der Waals surface area contributed by atoms with Gasteiger partial charge in [-0.15, -0.1) is 0 Å². The number of hydrogen-bond donors (Lipinski definition) is 4. The van der Waals surface area contributed by atoms with Crippen LogP contribution in [0.3, 0.4) is 0 Å². The molecule has 12 nitrogen and oxygen atoms in total. The van der Waals surface area contributed by atoms with E-state index < -0.39 is 11.9 Å². The fraction of sp³-hybridized carbons (Fsp3) is 0.706. The highest BCUT2D eigenvalue weighted by Crippen LogP contribution is 2.46. The summed E-state index contributed by atoms with van der Waals surface area (Å²) in [7, 11) is 0. The highest BCUT2D eigenvalue weighted by Gasteiger charge is 2.41. The summed E-state index contributed by atoms with van der Waals surface area (Å²) in [5.74, 6) is 4.82. The molecule has 0 spiro atoms. The minimum atomic E-state index is -0.473. The zero-order valence-corrected chi connectivity index (χ0v) is 35.9. The number of ether oxygens (including phenoxy) is 2. The normalized spacial score (nSPS) is 17.7. The molecule has 0 radical (unpaired) electrons. The van der Waals surface area contributed by atoms with Crippen molar-refractivity contribution in [2.45, 2.75) is 59.9 Å². The lowest BCUT2D eigenvalue weighted by molar-refractivity contribution is -0.139. The molecule has 2 atom stereocenters. The Hall–Kier alpha value is -1.60. The first-order valence-corrected chi connectivity index (χ1v) is 23.2. The topological polar surface area (TPSA) is 169 Å². The molecule has 0 bridgehead atoms. The third kappa shape index (κ3) is 24.7. The summed E-state index contributed by atoms with van der Waals surface area (Å²) < 4.78 is 9.88. The van der Waals surface area contributed by atoms with E-state index >= 15 is 0 Å². The molecule has 0 heterocycles. The van der Waals surface area contributed by atoms with E-state index in [4.69, 9.17) is 9.47 Å². The predicted molar refractivity (Wildman–Crippen MR) is 224 cm³/mol. The molecular formula is C34H56N4O8S6. The molecule has 0 aromatic rings. The summed E-state index contributed by atoms with van der Waals surface area (Å²) >= 11 is 8.27. The van der Waals surface area contributed by atoms with Gasteiger partial charge in [-0.25, -0.2) is 9.59 Å². The van der Waals surface area contributed by atoms with Crippen LogP contribution in [0.5, 0.6) is 0 Å². The second kappa shape index (κ2) is 27.1. The van der Waals surface area contributed by atoms with E-state index in [1.807, 2.05) is 0 Å². The van der Waals surface area contributed by atoms with E-state index in [1.54, 1.807) is 37.4 Å². The quantitative estimate of drug-likeness (QED) is 0.0469. The molecule has 0 aromatic heterocycles. The van der Waals surface area contributed by atoms with E-state index in [1.165, 1.54) is 47.0 Å². The van der Waals surface area contributed by atoms with Gasteiger partial charge in [-0.2, -0.15) is 23.5 Å². The van der Waals surface area contributed by atoms with Crippen molar-refractivity contribution >= 4 is 103 Å².